The molecule has 0 radical (unpaired) electrons. The monoisotopic (exact) mass is 118 g/mol. The van der Waals surface area contributed by atoms with Crippen LogP contribution in [0.25, 0.3) is 0 Å². The van der Waals surface area contributed by atoms with Gasteiger partial charge in [0.1, 0.15) is 6.29 Å². The number of hydrogen-bond acceptors (Lipinski definition) is 3. The highest BCUT2D eigenvalue weighted by Crippen LogP contribution is 1.92. The van der Waals surface area contributed by atoms with Crippen LogP contribution >= 0.6 is 0 Å². The summed E-state index contributed by atoms with van der Waals surface area (Å²) in [5.74, 6) is 0. The topological polar surface area (TPSA) is 46.5 Å². The van der Waals surface area contributed by atoms with Crippen LogP contribution in [-0.2, 0) is 9.53 Å². The molecule has 0 saturated heterocycles. The lowest BCUT2D eigenvalue weighted by Crippen LogP contribution is -2.07. The van der Waals surface area contributed by atoms with Crippen molar-refractivity contribution in [1.29, 1.82) is 0 Å². The van der Waals surface area contributed by atoms with Gasteiger partial charge in [0.25, 0.3) is 0 Å². The fraction of sp³-hybridized carbons (Fsp3) is 0.800. The van der Waals surface area contributed by atoms with Gasteiger partial charge in [-0.1, -0.05) is 0 Å². The molecule has 0 aromatic carbocycles. The summed E-state index contributed by atoms with van der Waals surface area (Å²) in [5.41, 5.74) is 0. The Kier molecular flexibility index (Phi) is 4.50. The summed E-state index contributed by atoms with van der Waals surface area (Å²) < 4.78 is 4.45. The number of aliphatic hydroxyl groups excluding tert-OH is 1. The molecule has 1 unspecified atom stereocenters. The lowest BCUT2D eigenvalue weighted by Gasteiger charge is -2.03. The second-order valence-corrected chi connectivity index (χ2v) is 1.43. The van der Waals surface area contributed by atoms with Gasteiger partial charge in [-0.15, -0.1) is 0 Å². The van der Waals surface area contributed by atoms with Crippen molar-refractivity contribution in [2.75, 3.05) is 7.11 Å². The minimum Gasteiger partial charge on any atom is -0.368 e. The minimum absolute atomic E-state index is 0.356. The standard InChI is InChI=1S/C5H10O3/c1-8-5(7)3-2-4-6/h4-5,7H,2-3H2,1H3. The highest BCUT2D eigenvalue weighted by Gasteiger charge is 1.97. The van der Waals surface area contributed by atoms with Gasteiger partial charge in [-0.3, -0.25) is 0 Å². The fourth-order valence-electron chi connectivity index (χ4n) is 0.328. The lowest BCUT2D eigenvalue weighted by molar-refractivity contribution is -0.112. The summed E-state index contributed by atoms with van der Waals surface area (Å²) >= 11 is 0. The molecule has 8 heavy (non-hydrogen) atoms. The Bertz CT molecular complexity index is 62.7. The average Bonchev–Trinajstić information content (AvgIpc) is 1.83. The minimum atomic E-state index is -0.778. The van der Waals surface area contributed by atoms with Gasteiger partial charge in [-0.2, -0.15) is 0 Å². The Labute approximate surface area is 48.3 Å². The number of aliphatic hydroxyl groups is 1. The number of rotatable bonds is 4. The van der Waals surface area contributed by atoms with Crippen molar-refractivity contribution in [2.45, 2.75) is 19.1 Å². The maximum atomic E-state index is 9.66. The Hall–Kier alpha value is -0.410. The second kappa shape index (κ2) is 4.74. The molecule has 0 rings (SSSR count). The van der Waals surface area contributed by atoms with Gasteiger partial charge in [0.15, 0.2) is 6.29 Å². The zero-order valence-electron chi connectivity index (χ0n) is 4.83. The third kappa shape index (κ3) is 3.77. The molecule has 48 valence electrons. The Balaban J connectivity index is 2.97. The van der Waals surface area contributed by atoms with Crippen LogP contribution < -0.4 is 0 Å². The molecule has 1 N–H and O–H groups in total. The smallest absolute Gasteiger partial charge is 0.154 e. The molecule has 0 saturated carbocycles. The van der Waals surface area contributed by atoms with Crippen LogP contribution in [0.2, 0.25) is 0 Å². The van der Waals surface area contributed by atoms with Crippen LogP contribution in [-0.4, -0.2) is 24.8 Å². The van der Waals surface area contributed by atoms with E-state index < -0.39 is 6.29 Å². The van der Waals surface area contributed by atoms with E-state index in [4.69, 9.17) is 5.11 Å². The van der Waals surface area contributed by atoms with E-state index in [1.165, 1.54) is 7.11 Å². The molecule has 0 amide bonds. The Morgan fingerprint density at radius 2 is 2.50 bits per heavy atom. The van der Waals surface area contributed by atoms with Gasteiger partial charge in [0.2, 0.25) is 0 Å². The average molecular weight is 118 g/mol. The lowest BCUT2D eigenvalue weighted by atomic mass is 10.3. The highest BCUT2D eigenvalue weighted by atomic mass is 16.6. The van der Waals surface area contributed by atoms with Crippen molar-refractivity contribution in [2.24, 2.45) is 0 Å². The molecule has 0 fully saturated rings. The molecule has 0 aromatic heterocycles. The summed E-state index contributed by atoms with van der Waals surface area (Å²) in [5, 5.41) is 8.61. The maximum Gasteiger partial charge on any atom is 0.154 e. The fourth-order valence-corrected chi connectivity index (χ4v) is 0.328. The molecule has 0 spiro atoms. The Morgan fingerprint density at radius 1 is 1.88 bits per heavy atom. The van der Waals surface area contributed by atoms with Crippen molar-refractivity contribution in [1.82, 2.24) is 0 Å². The number of carbonyl (C=O) groups is 1. The van der Waals surface area contributed by atoms with Crippen molar-refractivity contribution in [3.05, 3.63) is 0 Å². The summed E-state index contributed by atoms with van der Waals surface area (Å²) in [6, 6.07) is 0. The quantitative estimate of drug-likeness (QED) is 0.415. The molecule has 0 heterocycles. The number of carbonyl (C=O) groups excluding carboxylic acids is 1. The predicted octanol–water partition coefficient (Wildman–Crippen LogP) is -0.0697. The maximum absolute atomic E-state index is 9.66. The van der Waals surface area contributed by atoms with E-state index >= 15 is 0 Å². The van der Waals surface area contributed by atoms with Crippen LogP contribution in [0.5, 0.6) is 0 Å². The largest absolute Gasteiger partial charge is 0.368 e. The van der Waals surface area contributed by atoms with Crippen molar-refractivity contribution in [3.63, 3.8) is 0 Å². The zero-order valence-corrected chi connectivity index (χ0v) is 4.83. The van der Waals surface area contributed by atoms with Gasteiger partial charge < -0.3 is 14.6 Å². The van der Waals surface area contributed by atoms with Gasteiger partial charge in [0, 0.05) is 20.0 Å². The highest BCUT2D eigenvalue weighted by molar-refractivity contribution is 5.49. The van der Waals surface area contributed by atoms with Crippen LogP contribution in [0.3, 0.4) is 0 Å². The molecular formula is C5H10O3. The molecular weight excluding hydrogens is 108 g/mol. The van der Waals surface area contributed by atoms with Crippen LogP contribution in [0.1, 0.15) is 12.8 Å². The molecule has 0 aliphatic carbocycles. The normalized spacial score (nSPS) is 13.2. The van der Waals surface area contributed by atoms with E-state index in [1.54, 1.807) is 0 Å². The summed E-state index contributed by atoms with van der Waals surface area (Å²) in [4.78, 5) is 9.66. The first-order valence-electron chi connectivity index (χ1n) is 2.45. The Morgan fingerprint density at radius 3 is 2.88 bits per heavy atom. The van der Waals surface area contributed by atoms with E-state index in [2.05, 4.69) is 4.74 Å². The van der Waals surface area contributed by atoms with E-state index in [0.717, 1.165) is 6.29 Å². The first-order chi connectivity index (χ1) is 3.81. The second-order valence-electron chi connectivity index (χ2n) is 1.43. The molecule has 0 aliphatic rings. The van der Waals surface area contributed by atoms with Crippen LogP contribution in [0, 0.1) is 0 Å². The van der Waals surface area contributed by atoms with Crippen LogP contribution in [0.15, 0.2) is 0 Å². The number of aldehydes is 1. The van der Waals surface area contributed by atoms with Crippen LogP contribution in [0.4, 0.5) is 0 Å². The molecule has 3 nitrogen and oxygen atoms in total. The molecule has 0 bridgehead atoms. The summed E-state index contributed by atoms with van der Waals surface area (Å²) in [6.45, 7) is 0. The number of methoxy groups -OCH3 is 1. The first kappa shape index (κ1) is 7.59. The van der Waals surface area contributed by atoms with E-state index in [9.17, 15) is 4.79 Å². The first-order valence-corrected chi connectivity index (χ1v) is 2.45. The van der Waals surface area contributed by atoms with Crippen molar-refractivity contribution < 1.29 is 14.6 Å². The van der Waals surface area contributed by atoms with E-state index in [-0.39, 0.29) is 0 Å². The van der Waals surface area contributed by atoms with Crippen molar-refractivity contribution >= 4 is 6.29 Å². The molecule has 3 heteroatoms. The van der Waals surface area contributed by atoms with Crippen molar-refractivity contribution in [3.8, 4) is 0 Å². The molecule has 1 atom stereocenters. The van der Waals surface area contributed by atoms with E-state index in [0.29, 0.717) is 12.8 Å². The van der Waals surface area contributed by atoms with Gasteiger partial charge >= 0.3 is 0 Å². The molecule has 0 aromatic rings. The predicted molar refractivity (Wildman–Crippen MR) is 28.3 cm³/mol. The summed E-state index contributed by atoms with van der Waals surface area (Å²) in [7, 11) is 1.40. The van der Waals surface area contributed by atoms with Gasteiger partial charge in [-0.05, 0) is 0 Å². The molecule has 0 aliphatic heterocycles. The summed E-state index contributed by atoms with van der Waals surface area (Å²) in [6.07, 6.45) is 0.720. The van der Waals surface area contributed by atoms with Gasteiger partial charge in [-0.25, -0.2) is 0 Å². The number of hydrogen-bond donors (Lipinski definition) is 1. The third-order valence-electron chi connectivity index (χ3n) is 0.804. The van der Waals surface area contributed by atoms with E-state index in [1.807, 2.05) is 0 Å². The third-order valence-corrected chi connectivity index (χ3v) is 0.804. The zero-order chi connectivity index (χ0) is 6.41. The SMILES string of the molecule is COC(O)CCC=O. The van der Waals surface area contributed by atoms with Gasteiger partial charge in [0.05, 0.1) is 0 Å². The number of ether oxygens (including phenoxy) is 1.